The van der Waals surface area contributed by atoms with Crippen molar-refractivity contribution in [1.29, 1.82) is 0 Å². The number of fused-ring (bicyclic) bond motifs is 1. The molecule has 1 aliphatic carbocycles. The van der Waals surface area contributed by atoms with Gasteiger partial charge in [-0.25, -0.2) is 9.50 Å². The number of hydrogen-bond donors (Lipinski definition) is 1. The van der Waals surface area contributed by atoms with E-state index in [0.717, 1.165) is 11.3 Å². The molecule has 4 nitrogen and oxygen atoms in total. The Morgan fingerprint density at radius 1 is 1.41 bits per heavy atom. The average Bonchev–Trinajstić information content (AvgIpc) is 2.86. The van der Waals surface area contributed by atoms with E-state index in [-0.39, 0.29) is 0 Å². The van der Waals surface area contributed by atoms with Crippen LogP contribution in [0, 0.1) is 5.41 Å². The van der Waals surface area contributed by atoms with Crippen molar-refractivity contribution in [3.05, 3.63) is 24.7 Å². The molecule has 90 valence electrons. The molecule has 0 saturated heterocycles. The second kappa shape index (κ2) is 3.72. The molecule has 0 radical (unpaired) electrons. The standard InChI is InChI=1S/C13H18N4/c1-13(2)6-3-4-11(13)16-12-10-5-7-15-17(10)9-8-14-12/h5,7-9,11H,3-4,6H2,1-2H3,(H,14,16). The van der Waals surface area contributed by atoms with Gasteiger partial charge in [-0.3, -0.25) is 0 Å². The monoisotopic (exact) mass is 230 g/mol. The predicted octanol–water partition coefficient (Wildman–Crippen LogP) is 2.72. The Morgan fingerprint density at radius 2 is 2.29 bits per heavy atom. The maximum absolute atomic E-state index is 4.44. The van der Waals surface area contributed by atoms with E-state index < -0.39 is 0 Å². The van der Waals surface area contributed by atoms with Crippen LogP contribution in [0.2, 0.25) is 0 Å². The third-order valence-electron chi connectivity index (χ3n) is 3.89. The lowest BCUT2D eigenvalue weighted by Gasteiger charge is -2.28. The summed E-state index contributed by atoms with van der Waals surface area (Å²) >= 11 is 0. The lowest BCUT2D eigenvalue weighted by atomic mass is 9.87. The number of nitrogens with zero attached hydrogens (tertiary/aromatic N) is 3. The Morgan fingerprint density at radius 3 is 3.06 bits per heavy atom. The minimum absolute atomic E-state index is 0.356. The summed E-state index contributed by atoms with van der Waals surface area (Å²) in [4.78, 5) is 4.44. The van der Waals surface area contributed by atoms with Gasteiger partial charge in [-0.05, 0) is 24.3 Å². The van der Waals surface area contributed by atoms with Crippen LogP contribution in [-0.4, -0.2) is 20.6 Å². The fourth-order valence-electron chi connectivity index (χ4n) is 2.73. The zero-order valence-corrected chi connectivity index (χ0v) is 10.3. The highest BCUT2D eigenvalue weighted by atomic mass is 15.2. The molecule has 3 rings (SSSR count). The highest BCUT2D eigenvalue weighted by Crippen LogP contribution is 2.39. The molecule has 1 fully saturated rings. The molecule has 0 bridgehead atoms. The Balaban J connectivity index is 1.92. The van der Waals surface area contributed by atoms with Gasteiger partial charge in [0, 0.05) is 18.4 Å². The number of aromatic nitrogens is 3. The smallest absolute Gasteiger partial charge is 0.152 e. The Labute approximate surface area is 101 Å². The summed E-state index contributed by atoms with van der Waals surface area (Å²) < 4.78 is 1.86. The van der Waals surface area contributed by atoms with Gasteiger partial charge in [0.2, 0.25) is 0 Å². The SMILES string of the molecule is CC1(C)CCCC1Nc1nccn2nccc12. The lowest BCUT2D eigenvalue weighted by Crippen LogP contribution is -2.31. The maximum atomic E-state index is 4.44. The first-order chi connectivity index (χ1) is 8.17. The first kappa shape index (κ1) is 10.6. The highest BCUT2D eigenvalue weighted by molar-refractivity contribution is 5.67. The predicted molar refractivity (Wildman–Crippen MR) is 68.0 cm³/mol. The molecule has 0 spiro atoms. The van der Waals surface area contributed by atoms with Gasteiger partial charge in [0.25, 0.3) is 0 Å². The molecule has 0 aliphatic heterocycles. The third kappa shape index (κ3) is 1.77. The number of anilines is 1. The summed E-state index contributed by atoms with van der Waals surface area (Å²) in [5, 5.41) is 7.82. The molecule has 2 heterocycles. The highest BCUT2D eigenvalue weighted by Gasteiger charge is 2.34. The van der Waals surface area contributed by atoms with Gasteiger partial charge in [-0.1, -0.05) is 20.3 Å². The van der Waals surface area contributed by atoms with Crippen LogP contribution >= 0.6 is 0 Å². The van der Waals surface area contributed by atoms with E-state index >= 15 is 0 Å². The molecule has 1 atom stereocenters. The minimum atomic E-state index is 0.356. The molecule has 2 aromatic rings. The number of nitrogens with one attached hydrogen (secondary N) is 1. The van der Waals surface area contributed by atoms with Gasteiger partial charge in [-0.15, -0.1) is 0 Å². The lowest BCUT2D eigenvalue weighted by molar-refractivity contribution is 0.349. The van der Waals surface area contributed by atoms with Gasteiger partial charge < -0.3 is 5.32 Å². The van der Waals surface area contributed by atoms with Crippen LogP contribution < -0.4 is 5.32 Å². The van der Waals surface area contributed by atoms with Crippen LogP contribution in [0.5, 0.6) is 0 Å². The second-order valence-corrected chi connectivity index (χ2v) is 5.51. The zero-order chi connectivity index (χ0) is 11.9. The maximum Gasteiger partial charge on any atom is 0.152 e. The molecular formula is C13H18N4. The van der Waals surface area contributed by atoms with E-state index in [0.29, 0.717) is 11.5 Å². The van der Waals surface area contributed by atoms with E-state index in [4.69, 9.17) is 0 Å². The number of rotatable bonds is 2. The van der Waals surface area contributed by atoms with Crippen molar-refractivity contribution in [3.8, 4) is 0 Å². The minimum Gasteiger partial charge on any atom is -0.365 e. The Bertz CT molecular complexity index is 529. The first-order valence-corrected chi connectivity index (χ1v) is 6.22. The van der Waals surface area contributed by atoms with Crippen molar-refractivity contribution in [1.82, 2.24) is 14.6 Å². The van der Waals surface area contributed by atoms with Crippen LogP contribution in [0.4, 0.5) is 5.82 Å². The van der Waals surface area contributed by atoms with E-state index in [1.165, 1.54) is 19.3 Å². The Kier molecular flexibility index (Phi) is 2.31. The average molecular weight is 230 g/mol. The van der Waals surface area contributed by atoms with Crippen molar-refractivity contribution < 1.29 is 0 Å². The van der Waals surface area contributed by atoms with Crippen LogP contribution in [-0.2, 0) is 0 Å². The summed E-state index contributed by atoms with van der Waals surface area (Å²) in [6.45, 7) is 4.66. The fourth-order valence-corrected chi connectivity index (χ4v) is 2.73. The van der Waals surface area contributed by atoms with Gasteiger partial charge >= 0.3 is 0 Å². The Hall–Kier alpha value is -1.58. The van der Waals surface area contributed by atoms with E-state index in [2.05, 4.69) is 29.2 Å². The molecule has 2 aromatic heterocycles. The summed E-state index contributed by atoms with van der Waals surface area (Å²) in [5.74, 6) is 0.949. The molecule has 17 heavy (non-hydrogen) atoms. The molecule has 4 heteroatoms. The summed E-state index contributed by atoms with van der Waals surface area (Å²) in [5.41, 5.74) is 1.41. The van der Waals surface area contributed by atoms with E-state index in [9.17, 15) is 0 Å². The van der Waals surface area contributed by atoms with Crippen molar-refractivity contribution in [2.24, 2.45) is 5.41 Å². The van der Waals surface area contributed by atoms with Crippen molar-refractivity contribution in [2.45, 2.75) is 39.2 Å². The van der Waals surface area contributed by atoms with Gasteiger partial charge in [0.05, 0.1) is 6.20 Å². The second-order valence-electron chi connectivity index (χ2n) is 5.51. The van der Waals surface area contributed by atoms with Gasteiger partial charge in [0.1, 0.15) is 5.52 Å². The molecular weight excluding hydrogens is 212 g/mol. The van der Waals surface area contributed by atoms with E-state index in [1.54, 1.807) is 6.20 Å². The molecule has 1 unspecified atom stereocenters. The third-order valence-corrected chi connectivity index (χ3v) is 3.89. The summed E-state index contributed by atoms with van der Waals surface area (Å²) in [7, 11) is 0. The van der Waals surface area contributed by atoms with Gasteiger partial charge in [0.15, 0.2) is 5.82 Å². The summed E-state index contributed by atoms with van der Waals surface area (Å²) in [6, 6.07) is 2.51. The van der Waals surface area contributed by atoms with Gasteiger partial charge in [-0.2, -0.15) is 5.10 Å². The fraction of sp³-hybridized carbons (Fsp3) is 0.538. The largest absolute Gasteiger partial charge is 0.365 e. The molecule has 0 aromatic carbocycles. The molecule has 1 N–H and O–H groups in total. The van der Waals surface area contributed by atoms with Crippen LogP contribution in [0.15, 0.2) is 24.7 Å². The van der Waals surface area contributed by atoms with E-state index in [1.807, 2.05) is 23.0 Å². The molecule has 1 aliphatic rings. The van der Waals surface area contributed by atoms with Crippen LogP contribution in [0.25, 0.3) is 5.52 Å². The molecule has 0 amide bonds. The van der Waals surface area contributed by atoms with Crippen LogP contribution in [0.1, 0.15) is 33.1 Å². The first-order valence-electron chi connectivity index (χ1n) is 6.22. The zero-order valence-electron chi connectivity index (χ0n) is 10.3. The number of hydrogen-bond acceptors (Lipinski definition) is 3. The molecule has 1 saturated carbocycles. The van der Waals surface area contributed by atoms with Crippen molar-refractivity contribution in [3.63, 3.8) is 0 Å². The van der Waals surface area contributed by atoms with Crippen molar-refractivity contribution >= 4 is 11.3 Å². The normalized spacial score (nSPS) is 23.1. The summed E-state index contributed by atoms with van der Waals surface area (Å²) in [6.07, 6.45) is 9.29. The topological polar surface area (TPSA) is 42.2 Å². The van der Waals surface area contributed by atoms with Crippen LogP contribution in [0.3, 0.4) is 0 Å². The van der Waals surface area contributed by atoms with Crippen molar-refractivity contribution in [2.75, 3.05) is 5.32 Å². The quantitative estimate of drug-likeness (QED) is 0.862.